The summed E-state index contributed by atoms with van der Waals surface area (Å²) in [7, 11) is 0. The molecule has 19 heavy (non-hydrogen) atoms. The second kappa shape index (κ2) is 5.74. The molecule has 0 fully saturated rings. The van der Waals surface area contributed by atoms with Crippen LogP contribution in [0, 0.1) is 5.82 Å². The SMILES string of the molecule is NC(=S)c1cc(F)ccc1Nc1cc(Cl)ccc1Cl. The Balaban J connectivity index is 2.43. The number of halogens is 3. The van der Waals surface area contributed by atoms with Gasteiger partial charge in [0, 0.05) is 16.3 Å². The third-order valence-electron chi connectivity index (χ3n) is 2.44. The van der Waals surface area contributed by atoms with Crippen molar-refractivity contribution >= 4 is 51.8 Å². The summed E-state index contributed by atoms with van der Waals surface area (Å²) in [6.45, 7) is 0. The van der Waals surface area contributed by atoms with Crippen LogP contribution in [0.5, 0.6) is 0 Å². The predicted molar refractivity (Wildman–Crippen MR) is 82.0 cm³/mol. The van der Waals surface area contributed by atoms with Crippen LogP contribution in [0.2, 0.25) is 10.0 Å². The predicted octanol–water partition coefficient (Wildman–Crippen LogP) is 4.51. The molecule has 0 bridgehead atoms. The quantitative estimate of drug-likeness (QED) is 0.819. The van der Waals surface area contributed by atoms with Crippen molar-refractivity contribution in [2.75, 3.05) is 5.32 Å². The lowest BCUT2D eigenvalue weighted by Crippen LogP contribution is -2.12. The van der Waals surface area contributed by atoms with Crippen LogP contribution in [0.25, 0.3) is 0 Å². The highest BCUT2D eigenvalue weighted by molar-refractivity contribution is 7.80. The lowest BCUT2D eigenvalue weighted by Gasteiger charge is -2.13. The summed E-state index contributed by atoms with van der Waals surface area (Å²) in [5.41, 5.74) is 7.14. The van der Waals surface area contributed by atoms with Crippen molar-refractivity contribution < 1.29 is 4.39 Å². The molecule has 0 heterocycles. The molecule has 0 aliphatic heterocycles. The van der Waals surface area contributed by atoms with E-state index in [1.165, 1.54) is 12.1 Å². The minimum atomic E-state index is -0.412. The molecule has 2 rings (SSSR count). The van der Waals surface area contributed by atoms with E-state index in [-0.39, 0.29) is 4.99 Å². The molecule has 0 aliphatic carbocycles. The molecule has 0 saturated carbocycles. The zero-order valence-electron chi connectivity index (χ0n) is 9.58. The summed E-state index contributed by atoms with van der Waals surface area (Å²) >= 11 is 16.8. The molecule has 3 N–H and O–H groups in total. The van der Waals surface area contributed by atoms with Crippen LogP contribution in [0.3, 0.4) is 0 Å². The molecular formula is C13H9Cl2FN2S. The first kappa shape index (κ1) is 14.1. The highest BCUT2D eigenvalue weighted by Crippen LogP contribution is 2.30. The molecule has 0 spiro atoms. The van der Waals surface area contributed by atoms with Crippen molar-refractivity contribution in [1.82, 2.24) is 0 Å². The number of anilines is 2. The van der Waals surface area contributed by atoms with Crippen molar-refractivity contribution in [2.24, 2.45) is 5.73 Å². The fraction of sp³-hybridized carbons (Fsp3) is 0. The van der Waals surface area contributed by atoms with Gasteiger partial charge in [-0.05, 0) is 36.4 Å². The van der Waals surface area contributed by atoms with E-state index >= 15 is 0 Å². The molecule has 0 saturated heterocycles. The number of rotatable bonds is 3. The van der Waals surface area contributed by atoms with E-state index < -0.39 is 5.82 Å². The Bertz CT molecular complexity index is 647. The average molecular weight is 315 g/mol. The third kappa shape index (κ3) is 3.35. The minimum absolute atomic E-state index is 0.0974. The van der Waals surface area contributed by atoms with E-state index in [1.807, 2.05) is 0 Å². The van der Waals surface area contributed by atoms with E-state index in [0.29, 0.717) is 27.0 Å². The summed E-state index contributed by atoms with van der Waals surface area (Å²) in [4.78, 5) is 0.0974. The Hall–Kier alpha value is -1.36. The topological polar surface area (TPSA) is 38.0 Å². The molecule has 2 aromatic carbocycles. The molecule has 6 heteroatoms. The lowest BCUT2D eigenvalue weighted by atomic mass is 10.1. The Kier molecular flexibility index (Phi) is 4.24. The highest BCUT2D eigenvalue weighted by Gasteiger charge is 2.09. The van der Waals surface area contributed by atoms with Crippen LogP contribution in [0.1, 0.15) is 5.56 Å². The van der Waals surface area contributed by atoms with Crippen LogP contribution >= 0.6 is 35.4 Å². The Morgan fingerprint density at radius 2 is 1.84 bits per heavy atom. The van der Waals surface area contributed by atoms with Gasteiger partial charge in [-0.3, -0.25) is 0 Å². The average Bonchev–Trinajstić information content (AvgIpc) is 2.35. The van der Waals surface area contributed by atoms with E-state index in [1.54, 1.807) is 24.3 Å². The van der Waals surface area contributed by atoms with Gasteiger partial charge < -0.3 is 11.1 Å². The third-order valence-corrected chi connectivity index (χ3v) is 3.23. The van der Waals surface area contributed by atoms with Gasteiger partial charge >= 0.3 is 0 Å². The molecule has 0 unspecified atom stereocenters. The van der Waals surface area contributed by atoms with Crippen LogP contribution < -0.4 is 11.1 Å². The summed E-state index contributed by atoms with van der Waals surface area (Å²) in [6.07, 6.45) is 0. The normalized spacial score (nSPS) is 10.3. The molecule has 0 amide bonds. The maximum Gasteiger partial charge on any atom is 0.124 e. The first-order valence-corrected chi connectivity index (χ1v) is 6.45. The molecule has 2 aromatic rings. The van der Waals surface area contributed by atoms with Crippen LogP contribution in [-0.2, 0) is 0 Å². The number of nitrogens with one attached hydrogen (secondary N) is 1. The van der Waals surface area contributed by atoms with Crippen LogP contribution in [-0.4, -0.2) is 4.99 Å². The van der Waals surface area contributed by atoms with Gasteiger partial charge in [-0.2, -0.15) is 0 Å². The Labute approximate surface area is 125 Å². The van der Waals surface area contributed by atoms with Gasteiger partial charge in [-0.1, -0.05) is 35.4 Å². The van der Waals surface area contributed by atoms with Crippen molar-refractivity contribution in [2.45, 2.75) is 0 Å². The van der Waals surface area contributed by atoms with Crippen LogP contribution in [0.15, 0.2) is 36.4 Å². The largest absolute Gasteiger partial charge is 0.389 e. The van der Waals surface area contributed by atoms with Gasteiger partial charge in [-0.25, -0.2) is 4.39 Å². The van der Waals surface area contributed by atoms with Gasteiger partial charge in [-0.15, -0.1) is 0 Å². The second-order valence-electron chi connectivity index (χ2n) is 3.80. The molecule has 98 valence electrons. The van der Waals surface area contributed by atoms with E-state index in [0.717, 1.165) is 0 Å². The number of thiocarbonyl (C=S) groups is 1. The molecular weight excluding hydrogens is 306 g/mol. The van der Waals surface area contributed by atoms with Gasteiger partial charge in [0.05, 0.1) is 10.7 Å². The highest BCUT2D eigenvalue weighted by atomic mass is 35.5. The smallest absolute Gasteiger partial charge is 0.124 e. The van der Waals surface area contributed by atoms with Crippen LogP contribution in [0.4, 0.5) is 15.8 Å². The van der Waals surface area contributed by atoms with E-state index in [4.69, 9.17) is 41.2 Å². The van der Waals surface area contributed by atoms with E-state index in [2.05, 4.69) is 5.32 Å². The number of hydrogen-bond donors (Lipinski definition) is 2. The Morgan fingerprint density at radius 1 is 1.11 bits per heavy atom. The first-order chi connectivity index (χ1) is 8.97. The maximum absolute atomic E-state index is 13.2. The fourth-order valence-corrected chi connectivity index (χ4v) is 2.07. The number of hydrogen-bond acceptors (Lipinski definition) is 2. The fourth-order valence-electron chi connectivity index (χ4n) is 1.57. The summed E-state index contributed by atoms with van der Waals surface area (Å²) in [6, 6.07) is 9.12. The minimum Gasteiger partial charge on any atom is -0.389 e. The molecule has 0 atom stereocenters. The van der Waals surface area contributed by atoms with Gasteiger partial charge in [0.1, 0.15) is 10.8 Å². The molecule has 0 radical (unpaired) electrons. The van der Waals surface area contributed by atoms with Crippen molar-refractivity contribution in [3.63, 3.8) is 0 Å². The standard InChI is InChI=1S/C13H9Cl2FN2S/c14-7-1-3-10(15)12(5-7)18-11-4-2-8(16)6-9(11)13(17)19/h1-6,18H,(H2,17,19). The van der Waals surface area contributed by atoms with Crippen molar-refractivity contribution in [1.29, 1.82) is 0 Å². The van der Waals surface area contributed by atoms with Gasteiger partial charge in [0.25, 0.3) is 0 Å². The zero-order valence-corrected chi connectivity index (χ0v) is 11.9. The Morgan fingerprint density at radius 3 is 2.53 bits per heavy atom. The molecule has 0 aromatic heterocycles. The zero-order chi connectivity index (χ0) is 14.0. The summed E-state index contributed by atoms with van der Waals surface area (Å²) in [5.74, 6) is -0.412. The molecule has 2 nitrogen and oxygen atoms in total. The van der Waals surface area contributed by atoms with Gasteiger partial charge in [0.2, 0.25) is 0 Å². The van der Waals surface area contributed by atoms with Crippen molar-refractivity contribution in [3.05, 3.63) is 57.8 Å². The monoisotopic (exact) mass is 314 g/mol. The first-order valence-electron chi connectivity index (χ1n) is 5.29. The van der Waals surface area contributed by atoms with Crippen molar-refractivity contribution in [3.8, 4) is 0 Å². The summed E-state index contributed by atoms with van der Waals surface area (Å²) < 4.78 is 13.2. The lowest BCUT2D eigenvalue weighted by molar-refractivity contribution is 0.628. The maximum atomic E-state index is 13.2. The number of nitrogens with two attached hydrogens (primary N) is 1. The van der Waals surface area contributed by atoms with Gasteiger partial charge in [0.15, 0.2) is 0 Å². The summed E-state index contributed by atoms with van der Waals surface area (Å²) in [5, 5.41) is 4.06. The van der Waals surface area contributed by atoms with E-state index in [9.17, 15) is 4.39 Å². The number of benzene rings is 2. The second-order valence-corrected chi connectivity index (χ2v) is 5.09. The molecule has 0 aliphatic rings.